The number of hydrogen-bond donors (Lipinski definition) is 1. The highest BCUT2D eigenvalue weighted by atomic mass is 19.1. The number of hydrogen-bond acceptors (Lipinski definition) is 6. The van der Waals surface area contributed by atoms with Gasteiger partial charge in [-0.2, -0.15) is 5.26 Å². The molecule has 0 aliphatic carbocycles. The lowest BCUT2D eigenvalue weighted by Gasteiger charge is -2.32. The molecule has 1 N–H and O–H groups in total. The van der Waals surface area contributed by atoms with Crippen molar-refractivity contribution < 1.29 is 27.4 Å². The van der Waals surface area contributed by atoms with E-state index in [0.29, 0.717) is 12.2 Å². The van der Waals surface area contributed by atoms with Crippen LogP contribution in [-0.2, 0) is 15.9 Å². The van der Waals surface area contributed by atoms with Crippen LogP contribution in [0.25, 0.3) is 28.3 Å². The molecule has 4 aromatic rings. The normalized spacial score (nSPS) is 15.8. The molecule has 36 heavy (non-hydrogen) atoms. The molecule has 1 aromatic carbocycles. The molecule has 0 unspecified atom stereocenters. The standard InChI is InChI=1S/C24H19F3N6O3/c1-35-24(34)32-4-5-36-16(12-32)9-19-22(31-20-8-14(25)2-3-33(19)20)21-17(26)6-13(7-18(21)27)23-29-11-15(10-28)30-23/h2-3,6-8,11,16H,4-5,9,12H2,1H3,(H,29,30)/t16-/m0/s1. The van der Waals surface area contributed by atoms with Crippen LogP contribution in [0.3, 0.4) is 0 Å². The molecular formula is C24H19F3N6O3. The number of benzene rings is 1. The number of nitriles is 1. The molecule has 1 aliphatic rings. The molecule has 1 aliphatic heterocycles. The Balaban J connectivity index is 1.58. The zero-order chi connectivity index (χ0) is 25.4. The van der Waals surface area contributed by atoms with Crippen LogP contribution >= 0.6 is 0 Å². The third-order valence-corrected chi connectivity index (χ3v) is 5.93. The molecule has 9 nitrogen and oxygen atoms in total. The number of morpholine rings is 1. The zero-order valence-electron chi connectivity index (χ0n) is 19.0. The van der Waals surface area contributed by atoms with Gasteiger partial charge in [0.05, 0.1) is 49.5 Å². The maximum absolute atomic E-state index is 15.4. The number of H-pyrrole nitrogens is 1. The van der Waals surface area contributed by atoms with E-state index in [2.05, 4.69) is 15.0 Å². The summed E-state index contributed by atoms with van der Waals surface area (Å²) in [4.78, 5) is 24.4. The highest BCUT2D eigenvalue weighted by Crippen LogP contribution is 2.33. The van der Waals surface area contributed by atoms with Crippen LogP contribution in [0.4, 0.5) is 18.0 Å². The van der Waals surface area contributed by atoms with Gasteiger partial charge in [-0.05, 0) is 18.2 Å². The number of nitrogens with one attached hydrogen (secondary N) is 1. The van der Waals surface area contributed by atoms with Crippen LogP contribution in [0.15, 0.2) is 36.7 Å². The van der Waals surface area contributed by atoms with E-state index in [4.69, 9.17) is 14.7 Å². The quantitative estimate of drug-likeness (QED) is 0.462. The number of rotatable bonds is 4. The number of imidazole rings is 2. The lowest BCUT2D eigenvalue weighted by molar-refractivity contribution is -0.0241. The molecule has 1 amide bonds. The number of aromatic amines is 1. The van der Waals surface area contributed by atoms with Gasteiger partial charge in [0.15, 0.2) is 0 Å². The van der Waals surface area contributed by atoms with E-state index in [-0.39, 0.29) is 48.0 Å². The predicted molar refractivity (Wildman–Crippen MR) is 120 cm³/mol. The van der Waals surface area contributed by atoms with Crippen molar-refractivity contribution in [3.8, 4) is 28.7 Å². The van der Waals surface area contributed by atoms with Crippen molar-refractivity contribution in [1.82, 2.24) is 24.3 Å². The average molecular weight is 496 g/mol. The minimum atomic E-state index is -0.911. The van der Waals surface area contributed by atoms with Gasteiger partial charge < -0.3 is 23.8 Å². The number of nitrogens with zero attached hydrogens (tertiary/aromatic N) is 5. The van der Waals surface area contributed by atoms with Crippen molar-refractivity contribution in [2.75, 3.05) is 26.8 Å². The third kappa shape index (κ3) is 4.25. The molecule has 1 saturated heterocycles. The van der Waals surface area contributed by atoms with Crippen LogP contribution in [0.2, 0.25) is 0 Å². The number of carbonyl (C=O) groups excluding carboxylic acids is 1. The molecule has 12 heteroatoms. The Hall–Kier alpha value is -4.37. The molecule has 3 aromatic heterocycles. The van der Waals surface area contributed by atoms with E-state index in [1.165, 1.54) is 34.9 Å². The Kier molecular flexibility index (Phi) is 6.07. The summed E-state index contributed by atoms with van der Waals surface area (Å²) in [6, 6.07) is 6.41. The fraction of sp³-hybridized carbons (Fsp3) is 0.250. The van der Waals surface area contributed by atoms with Gasteiger partial charge in [0.1, 0.15) is 40.7 Å². The van der Waals surface area contributed by atoms with Crippen molar-refractivity contribution >= 4 is 11.7 Å². The van der Waals surface area contributed by atoms with Crippen LogP contribution in [0, 0.1) is 28.8 Å². The maximum Gasteiger partial charge on any atom is 0.409 e. The fourth-order valence-corrected chi connectivity index (χ4v) is 4.28. The second-order valence-electron chi connectivity index (χ2n) is 8.17. The van der Waals surface area contributed by atoms with E-state index in [1.807, 2.05) is 6.07 Å². The van der Waals surface area contributed by atoms with E-state index in [0.717, 1.165) is 18.2 Å². The zero-order valence-corrected chi connectivity index (χ0v) is 19.0. The van der Waals surface area contributed by atoms with Crippen LogP contribution in [-0.4, -0.2) is 63.3 Å². The number of methoxy groups -OCH3 is 1. The molecule has 1 fully saturated rings. The first-order valence-electron chi connectivity index (χ1n) is 10.9. The fourth-order valence-electron chi connectivity index (χ4n) is 4.28. The van der Waals surface area contributed by atoms with Gasteiger partial charge in [-0.15, -0.1) is 0 Å². The molecule has 0 saturated carbocycles. The largest absolute Gasteiger partial charge is 0.453 e. The summed E-state index contributed by atoms with van der Waals surface area (Å²) in [5, 5.41) is 8.97. The second-order valence-corrected chi connectivity index (χ2v) is 8.17. The Labute approximate surface area is 202 Å². The van der Waals surface area contributed by atoms with E-state index < -0.39 is 35.2 Å². The number of aromatic nitrogens is 4. The van der Waals surface area contributed by atoms with Crippen molar-refractivity contribution in [1.29, 1.82) is 5.26 Å². The predicted octanol–water partition coefficient (Wildman–Crippen LogP) is 3.69. The monoisotopic (exact) mass is 496 g/mol. The number of fused-ring (bicyclic) bond motifs is 1. The number of carbonyl (C=O) groups is 1. The number of halogens is 3. The highest BCUT2D eigenvalue weighted by molar-refractivity contribution is 5.71. The summed E-state index contributed by atoms with van der Waals surface area (Å²) >= 11 is 0. The number of amides is 1. The smallest absolute Gasteiger partial charge is 0.409 e. The Bertz CT molecular complexity index is 1490. The van der Waals surface area contributed by atoms with Gasteiger partial charge in [0, 0.05) is 30.8 Å². The molecular weight excluding hydrogens is 477 g/mol. The highest BCUT2D eigenvalue weighted by Gasteiger charge is 2.29. The average Bonchev–Trinajstić information content (AvgIpc) is 3.48. The lowest BCUT2D eigenvalue weighted by atomic mass is 10.0. The minimum Gasteiger partial charge on any atom is -0.453 e. The summed E-state index contributed by atoms with van der Waals surface area (Å²) < 4.78 is 56.8. The van der Waals surface area contributed by atoms with Gasteiger partial charge in [0.2, 0.25) is 0 Å². The lowest BCUT2D eigenvalue weighted by Crippen LogP contribution is -2.46. The second kappa shape index (κ2) is 9.35. The number of ether oxygens (including phenoxy) is 2. The van der Waals surface area contributed by atoms with Gasteiger partial charge in [-0.3, -0.25) is 0 Å². The van der Waals surface area contributed by atoms with Gasteiger partial charge in [-0.1, -0.05) is 0 Å². The first-order valence-corrected chi connectivity index (χ1v) is 10.9. The van der Waals surface area contributed by atoms with Crippen molar-refractivity contribution in [3.63, 3.8) is 0 Å². The van der Waals surface area contributed by atoms with Gasteiger partial charge in [0.25, 0.3) is 0 Å². The summed E-state index contributed by atoms with van der Waals surface area (Å²) in [5.41, 5.74) is 0.387. The Morgan fingerprint density at radius 2 is 2.08 bits per heavy atom. The summed E-state index contributed by atoms with van der Waals surface area (Å²) in [6.07, 6.45) is 1.80. The molecule has 4 heterocycles. The van der Waals surface area contributed by atoms with E-state index in [1.54, 1.807) is 0 Å². The third-order valence-electron chi connectivity index (χ3n) is 5.93. The Morgan fingerprint density at radius 1 is 1.31 bits per heavy atom. The maximum atomic E-state index is 15.4. The van der Waals surface area contributed by atoms with Crippen LogP contribution in [0.5, 0.6) is 0 Å². The SMILES string of the molecule is COC(=O)N1CCO[C@@H](Cc2c(-c3c(F)cc(-c4ncc(C#N)[nH]4)cc3F)nc3cc(F)ccn23)C1. The van der Waals surface area contributed by atoms with Gasteiger partial charge in [-0.25, -0.2) is 27.9 Å². The molecule has 1 atom stereocenters. The first kappa shape index (κ1) is 23.4. The number of pyridine rings is 1. The van der Waals surface area contributed by atoms with Crippen LogP contribution in [0.1, 0.15) is 11.4 Å². The molecule has 5 rings (SSSR count). The van der Waals surface area contributed by atoms with E-state index >= 15 is 8.78 Å². The molecule has 0 bridgehead atoms. The van der Waals surface area contributed by atoms with Crippen molar-refractivity contribution in [2.24, 2.45) is 0 Å². The topological polar surface area (TPSA) is 109 Å². The van der Waals surface area contributed by atoms with E-state index in [9.17, 15) is 9.18 Å². The molecule has 0 spiro atoms. The minimum absolute atomic E-state index is 0.0156. The Morgan fingerprint density at radius 3 is 2.78 bits per heavy atom. The summed E-state index contributed by atoms with van der Waals surface area (Å²) in [6.45, 7) is 0.801. The summed E-state index contributed by atoms with van der Waals surface area (Å²) in [5.74, 6) is -2.25. The first-order chi connectivity index (χ1) is 17.4. The van der Waals surface area contributed by atoms with Crippen molar-refractivity contribution in [2.45, 2.75) is 12.5 Å². The van der Waals surface area contributed by atoms with Crippen LogP contribution < -0.4 is 0 Å². The summed E-state index contributed by atoms with van der Waals surface area (Å²) in [7, 11) is 1.28. The van der Waals surface area contributed by atoms with Crippen molar-refractivity contribution in [3.05, 3.63) is 65.5 Å². The molecule has 184 valence electrons. The molecule has 0 radical (unpaired) electrons. The van der Waals surface area contributed by atoms with Gasteiger partial charge >= 0.3 is 6.09 Å².